The lowest BCUT2D eigenvalue weighted by atomic mass is 10.2. The van der Waals surface area contributed by atoms with Crippen LogP contribution in [-0.2, 0) is 0 Å². The Hall–Kier alpha value is -1.16. The van der Waals surface area contributed by atoms with E-state index in [1.54, 1.807) is 25.1 Å². The maximum absolute atomic E-state index is 5.87. The zero-order valence-corrected chi connectivity index (χ0v) is 9.39. The van der Waals surface area contributed by atoms with Crippen molar-refractivity contribution in [1.29, 1.82) is 0 Å². The zero-order chi connectivity index (χ0) is 10.6. The van der Waals surface area contributed by atoms with Gasteiger partial charge in [-0.1, -0.05) is 6.08 Å². The van der Waals surface area contributed by atoms with E-state index in [4.69, 9.17) is 10.5 Å². The largest absolute Gasteiger partial charge is 0.496 e. The second-order valence-corrected chi connectivity index (χ2v) is 3.44. The summed E-state index contributed by atoms with van der Waals surface area (Å²) in [5, 5.41) is 0.889. The third kappa shape index (κ3) is 2.01. The Kier molecular flexibility index (Phi) is 3.83. The summed E-state index contributed by atoms with van der Waals surface area (Å²) in [4.78, 5) is 4.24. The lowest BCUT2D eigenvalue weighted by Crippen LogP contribution is -2.02. The summed E-state index contributed by atoms with van der Waals surface area (Å²) in [7, 11) is 1.63. The van der Waals surface area contributed by atoms with Crippen LogP contribution in [0.15, 0.2) is 23.4 Å². The Bertz CT molecular complexity index is 328. The van der Waals surface area contributed by atoms with Crippen molar-refractivity contribution in [2.45, 2.75) is 11.9 Å². The van der Waals surface area contributed by atoms with Crippen LogP contribution in [0.4, 0.5) is 0 Å². The lowest BCUT2D eigenvalue weighted by Gasteiger charge is -2.11. The Morgan fingerprint density at radius 2 is 2.36 bits per heavy atom. The highest BCUT2D eigenvalue weighted by Gasteiger charge is 2.11. The molecule has 14 heavy (non-hydrogen) atoms. The molecule has 0 bridgehead atoms. The van der Waals surface area contributed by atoms with Gasteiger partial charge in [-0.15, -0.1) is 11.8 Å². The molecule has 0 aliphatic rings. The van der Waals surface area contributed by atoms with Gasteiger partial charge in [-0.3, -0.25) is 0 Å². The quantitative estimate of drug-likeness (QED) is 0.776. The number of rotatable bonds is 3. The van der Waals surface area contributed by atoms with E-state index in [1.165, 1.54) is 0 Å². The molecule has 0 aliphatic carbocycles. The molecular formula is C10H14N2OS. The Balaban J connectivity index is 3.33. The van der Waals surface area contributed by atoms with Crippen LogP contribution in [0.5, 0.6) is 5.75 Å². The third-order valence-electron chi connectivity index (χ3n) is 1.89. The van der Waals surface area contributed by atoms with Crippen LogP contribution in [0.1, 0.15) is 12.5 Å². The Morgan fingerprint density at radius 1 is 1.64 bits per heavy atom. The average Bonchev–Trinajstić information content (AvgIpc) is 2.26. The highest BCUT2D eigenvalue weighted by Crippen LogP contribution is 2.30. The first-order valence-electron chi connectivity index (χ1n) is 4.23. The molecule has 1 heterocycles. The van der Waals surface area contributed by atoms with Crippen LogP contribution < -0.4 is 10.5 Å². The van der Waals surface area contributed by atoms with E-state index in [0.29, 0.717) is 5.70 Å². The summed E-state index contributed by atoms with van der Waals surface area (Å²) in [5.74, 6) is 0.764. The summed E-state index contributed by atoms with van der Waals surface area (Å²) in [6.45, 7) is 1.89. The first-order chi connectivity index (χ1) is 6.74. The number of aromatic nitrogens is 1. The molecule has 0 saturated carbocycles. The molecule has 1 rings (SSSR count). The standard InChI is InChI=1S/C10H14N2OS/c1-4-7(11)9-8(13-2)5-6-12-10(9)14-3/h4-6H,11H2,1-3H3/b7-4-. The van der Waals surface area contributed by atoms with Crippen molar-refractivity contribution in [3.8, 4) is 5.75 Å². The summed E-state index contributed by atoms with van der Waals surface area (Å²) >= 11 is 1.56. The molecule has 0 spiro atoms. The monoisotopic (exact) mass is 210 g/mol. The fraction of sp³-hybridized carbons (Fsp3) is 0.300. The van der Waals surface area contributed by atoms with Crippen LogP contribution in [0.3, 0.4) is 0 Å². The first kappa shape index (κ1) is 10.9. The summed E-state index contributed by atoms with van der Waals surface area (Å²) in [6, 6.07) is 1.81. The van der Waals surface area contributed by atoms with Gasteiger partial charge in [-0.2, -0.15) is 0 Å². The van der Waals surface area contributed by atoms with Gasteiger partial charge in [0.15, 0.2) is 0 Å². The van der Waals surface area contributed by atoms with Crippen molar-refractivity contribution in [2.75, 3.05) is 13.4 Å². The molecule has 3 nitrogen and oxygen atoms in total. The molecule has 0 unspecified atom stereocenters. The van der Waals surface area contributed by atoms with E-state index in [0.717, 1.165) is 16.3 Å². The highest BCUT2D eigenvalue weighted by atomic mass is 32.2. The van der Waals surface area contributed by atoms with E-state index in [-0.39, 0.29) is 0 Å². The molecule has 76 valence electrons. The molecular weight excluding hydrogens is 196 g/mol. The lowest BCUT2D eigenvalue weighted by molar-refractivity contribution is 0.411. The highest BCUT2D eigenvalue weighted by molar-refractivity contribution is 7.98. The number of ether oxygens (including phenoxy) is 1. The SMILES string of the molecule is C/C=C(\N)c1c(OC)ccnc1SC. The molecule has 0 aliphatic heterocycles. The summed E-state index contributed by atoms with van der Waals surface area (Å²) < 4.78 is 5.24. The van der Waals surface area contributed by atoms with Crippen molar-refractivity contribution < 1.29 is 4.74 Å². The number of methoxy groups -OCH3 is 1. The number of hydrogen-bond donors (Lipinski definition) is 1. The van der Waals surface area contributed by atoms with Crippen LogP contribution >= 0.6 is 11.8 Å². The second kappa shape index (κ2) is 4.91. The van der Waals surface area contributed by atoms with Gasteiger partial charge >= 0.3 is 0 Å². The van der Waals surface area contributed by atoms with Crippen molar-refractivity contribution in [2.24, 2.45) is 5.73 Å². The third-order valence-corrected chi connectivity index (χ3v) is 2.59. The molecule has 0 radical (unpaired) electrons. The molecule has 1 aromatic heterocycles. The minimum absolute atomic E-state index is 0.694. The number of hydrogen-bond acceptors (Lipinski definition) is 4. The fourth-order valence-electron chi connectivity index (χ4n) is 1.16. The minimum atomic E-state index is 0.694. The Morgan fingerprint density at radius 3 is 2.86 bits per heavy atom. The number of thioether (sulfide) groups is 1. The van der Waals surface area contributed by atoms with Gasteiger partial charge in [0.25, 0.3) is 0 Å². The van der Waals surface area contributed by atoms with Crippen molar-refractivity contribution in [1.82, 2.24) is 4.98 Å². The van der Waals surface area contributed by atoms with Gasteiger partial charge in [0, 0.05) is 11.9 Å². The number of nitrogens with zero attached hydrogens (tertiary/aromatic N) is 1. The van der Waals surface area contributed by atoms with Crippen LogP contribution in [-0.4, -0.2) is 18.3 Å². The van der Waals surface area contributed by atoms with E-state index in [1.807, 2.05) is 25.3 Å². The molecule has 4 heteroatoms. The van der Waals surface area contributed by atoms with Gasteiger partial charge in [0.2, 0.25) is 0 Å². The molecule has 0 amide bonds. The molecule has 0 fully saturated rings. The summed E-state index contributed by atoms with van der Waals surface area (Å²) in [5.41, 5.74) is 7.45. The molecule has 0 saturated heterocycles. The van der Waals surface area contributed by atoms with Gasteiger partial charge in [-0.05, 0) is 19.2 Å². The van der Waals surface area contributed by atoms with E-state index < -0.39 is 0 Å². The molecule has 2 N–H and O–H groups in total. The predicted octanol–water partition coefficient (Wildman–Crippen LogP) is 2.13. The second-order valence-electron chi connectivity index (χ2n) is 2.64. The van der Waals surface area contributed by atoms with Crippen LogP contribution in [0.2, 0.25) is 0 Å². The molecule has 1 aromatic rings. The minimum Gasteiger partial charge on any atom is -0.496 e. The smallest absolute Gasteiger partial charge is 0.132 e. The van der Waals surface area contributed by atoms with Crippen LogP contribution in [0.25, 0.3) is 5.70 Å². The number of allylic oxidation sites excluding steroid dienone is 1. The predicted molar refractivity (Wildman–Crippen MR) is 60.4 cm³/mol. The molecule has 0 atom stereocenters. The van der Waals surface area contributed by atoms with Crippen molar-refractivity contribution in [3.63, 3.8) is 0 Å². The van der Waals surface area contributed by atoms with Crippen LogP contribution in [0, 0.1) is 0 Å². The van der Waals surface area contributed by atoms with E-state index in [9.17, 15) is 0 Å². The average molecular weight is 210 g/mol. The van der Waals surface area contributed by atoms with Gasteiger partial charge in [0.05, 0.1) is 12.7 Å². The van der Waals surface area contributed by atoms with Gasteiger partial charge in [0.1, 0.15) is 10.8 Å². The number of pyridine rings is 1. The van der Waals surface area contributed by atoms with E-state index in [2.05, 4.69) is 4.98 Å². The van der Waals surface area contributed by atoms with Crippen molar-refractivity contribution in [3.05, 3.63) is 23.9 Å². The van der Waals surface area contributed by atoms with Gasteiger partial charge in [-0.25, -0.2) is 4.98 Å². The van der Waals surface area contributed by atoms with Gasteiger partial charge < -0.3 is 10.5 Å². The van der Waals surface area contributed by atoms with Crippen molar-refractivity contribution >= 4 is 17.5 Å². The number of nitrogens with two attached hydrogens (primary N) is 1. The normalized spacial score (nSPS) is 11.5. The maximum atomic E-state index is 5.87. The molecule has 0 aromatic carbocycles. The van der Waals surface area contributed by atoms with E-state index >= 15 is 0 Å². The maximum Gasteiger partial charge on any atom is 0.132 e. The summed E-state index contributed by atoms with van der Waals surface area (Å²) in [6.07, 6.45) is 5.53. The topological polar surface area (TPSA) is 48.1 Å². The first-order valence-corrected chi connectivity index (χ1v) is 5.46. The fourth-order valence-corrected chi connectivity index (χ4v) is 1.75. The Labute approximate surface area is 88.4 Å². The zero-order valence-electron chi connectivity index (χ0n) is 8.57.